The summed E-state index contributed by atoms with van der Waals surface area (Å²) < 4.78 is 31.0. The molecule has 18 heavy (non-hydrogen) atoms. The fraction of sp³-hybridized carbons (Fsp3) is 0.500. The molecule has 0 aliphatic carbocycles. The predicted octanol–water partition coefficient (Wildman–Crippen LogP) is 0.841. The molecule has 2 rings (SSSR count). The zero-order valence-electron chi connectivity index (χ0n) is 10.2. The minimum Gasteiger partial charge on any atom is -0.494 e. The first kappa shape index (κ1) is 13.3. The van der Waals surface area contributed by atoms with Crippen LogP contribution in [0.5, 0.6) is 5.75 Å². The maximum Gasteiger partial charge on any atom is 0.243 e. The van der Waals surface area contributed by atoms with Gasteiger partial charge in [-0.1, -0.05) is 0 Å². The van der Waals surface area contributed by atoms with E-state index in [9.17, 15) is 13.5 Å². The Bertz CT molecular complexity index is 497. The van der Waals surface area contributed by atoms with Crippen molar-refractivity contribution >= 4 is 10.0 Å². The Balaban J connectivity index is 2.19. The first-order valence-corrected chi connectivity index (χ1v) is 7.39. The number of β-amino-alcohol motifs (C(OH)–C–C–N with tert-alkyl or cyclic N) is 1. The summed E-state index contributed by atoms with van der Waals surface area (Å²) in [6, 6.07) is 6.35. The number of hydrogen-bond acceptors (Lipinski definition) is 4. The minimum absolute atomic E-state index is 0.176. The van der Waals surface area contributed by atoms with Crippen molar-refractivity contribution in [3.8, 4) is 5.75 Å². The van der Waals surface area contributed by atoms with Crippen LogP contribution >= 0.6 is 0 Å². The van der Waals surface area contributed by atoms with Gasteiger partial charge in [0.05, 0.1) is 17.6 Å². The van der Waals surface area contributed by atoms with Crippen LogP contribution in [0.2, 0.25) is 0 Å². The second kappa shape index (κ2) is 5.26. The summed E-state index contributed by atoms with van der Waals surface area (Å²) in [5.74, 6) is 0.651. The van der Waals surface area contributed by atoms with Crippen molar-refractivity contribution in [2.24, 2.45) is 0 Å². The van der Waals surface area contributed by atoms with Gasteiger partial charge in [0.2, 0.25) is 10.0 Å². The topological polar surface area (TPSA) is 66.8 Å². The van der Waals surface area contributed by atoms with Crippen LogP contribution in [0.25, 0.3) is 0 Å². The standard InChI is InChI=1S/C12H17NO4S/c1-2-17-11-3-5-12(6-4-11)18(15,16)13-8-7-10(14)9-13/h3-6,10,14H,2,7-9H2,1H3/t10-/m0/s1. The third-order valence-electron chi connectivity index (χ3n) is 2.90. The van der Waals surface area contributed by atoms with Crippen molar-refractivity contribution in [1.82, 2.24) is 4.31 Å². The molecule has 1 fully saturated rings. The fourth-order valence-electron chi connectivity index (χ4n) is 1.95. The summed E-state index contributed by atoms with van der Waals surface area (Å²) in [6.07, 6.45) is -0.0570. The van der Waals surface area contributed by atoms with Crippen LogP contribution < -0.4 is 4.74 Å². The highest BCUT2D eigenvalue weighted by Crippen LogP contribution is 2.23. The van der Waals surface area contributed by atoms with Crippen LogP contribution in [0.4, 0.5) is 0 Å². The van der Waals surface area contributed by atoms with E-state index in [2.05, 4.69) is 0 Å². The smallest absolute Gasteiger partial charge is 0.243 e. The van der Waals surface area contributed by atoms with Crippen molar-refractivity contribution in [2.45, 2.75) is 24.3 Å². The lowest BCUT2D eigenvalue weighted by Gasteiger charge is -2.15. The molecule has 0 saturated carbocycles. The van der Waals surface area contributed by atoms with E-state index in [1.54, 1.807) is 12.1 Å². The molecular weight excluding hydrogens is 254 g/mol. The highest BCUT2D eigenvalue weighted by Gasteiger charge is 2.31. The van der Waals surface area contributed by atoms with E-state index in [0.29, 0.717) is 25.3 Å². The molecule has 0 radical (unpaired) electrons. The zero-order valence-corrected chi connectivity index (χ0v) is 11.1. The molecule has 0 bridgehead atoms. The summed E-state index contributed by atoms with van der Waals surface area (Å²) in [5.41, 5.74) is 0. The lowest BCUT2D eigenvalue weighted by molar-refractivity contribution is 0.189. The van der Waals surface area contributed by atoms with Gasteiger partial charge in [-0.05, 0) is 37.6 Å². The number of nitrogens with zero attached hydrogens (tertiary/aromatic N) is 1. The van der Waals surface area contributed by atoms with Crippen molar-refractivity contribution in [1.29, 1.82) is 0 Å². The van der Waals surface area contributed by atoms with E-state index < -0.39 is 16.1 Å². The van der Waals surface area contributed by atoms with Crippen LogP contribution in [0.1, 0.15) is 13.3 Å². The Morgan fingerprint density at radius 1 is 1.39 bits per heavy atom. The maximum absolute atomic E-state index is 12.2. The number of hydrogen-bond donors (Lipinski definition) is 1. The second-order valence-corrected chi connectivity index (χ2v) is 6.15. The third-order valence-corrected chi connectivity index (χ3v) is 4.78. The summed E-state index contributed by atoms with van der Waals surface area (Å²) in [6.45, 7) is 2.97. The number of ether oxygens (including phenoxy) is 1. The molecule has 0 unspecified atom stereocenters. The molecule has 1 heterocycles. The summed E-state index contributed by atoms with van der Waals surface area (Å²) in [7, 11) is -3.49. The van der Waals surface area contributed by atoms with Crippen LogP contribution in [-0.2, 0) is 10.0 Å². The molecule has 1 saturated heterocycles. The van der Waals surface area contributed by atoms with E-state index in [4.69, 9.17) is 4.74 Å². The van der Waals surface area contributed by atoms with Crippen molar-refractivity contribution < 1.29 is 18.3 Å². The molecule has 1 atom stereocenters. The quantitative estimate of drug-likeness (QED) is 0.881. The van der Waals surface area contributed by atoms with E-state index in [-0.39, 0.29) is 11.4 Å². The van der Waals surface area contributed by atoms with Gasteiger partial charge in [-0.15, -0.1) is 0 Å². The van der Waals surface area contributed by atoms with Crippen molar-refractivity contribution in [3.63, 3.8) is 0 Å². The van der Waals surface area contributed by atoms with Crippen LogP contribution in [-0.4, -0.2) is 43.6 Å². The van der Waals surface area contributed by atoms with Gasteiger partial charge in [0.15, 0.2) is 0 Å². The Morgan fingerprint density at radius 2 is 2.06 bits per heavy atom. The predicted molar refractivity (Wildman–Crippen MR) is 67.0 cm³/mol. The zero-order chi connectivity index (χ0) is 13.2. The van der Waals surface area contributed by atoms with E-state index >= 15 is 0 Å². The average molecular weight is 271 g/mol. The highest BCUT2D eigenvalue weighted by atomic mass is 32.2. The Kier molecular flexibility index (Phi) is 3.89. The van der Waals surface area contributed by atoms with Crippen molar-refractivity contribution in [2.75, 3.05) is 19.7 Å². The van der Waals surface area contributed by atoms with Gasteiger partial charge in [-0.25, -0.2) is 8.42 Å². The van der Waals surface area contributed by atoms with Crippen LogP contribution in [0, 0.1) is 0 Å². The molecule has 1 aromatic carbocycles. The Labute approximate surface area is 107 Å². The number of aliphatic hydroxyl groups is 1. The van der Waals surface area contributed by atoms with Crippen LogP contribution in [0.15, 0.2) is 29.2 Å². The fourth-order valence-corrected chi connectivity index (χ4v) is 3.44. The average Bonchev–Trinajstić information content (AvgIpc) is 2.78. The monoisotopic (exact) mass is 271 g/mol. The Morgan fingerprint density at radius 3 is 2.56 bits per heavy atom. The number of aliphatic hydroxyl groups excluding tert-OH is 1. The van der Waals surface area contributed by atoms with Gasteiger partial charge in [0.1, 0.15) is 5.75 Å². The number of rotatable bonds is 4. The minimum atomic E-state index is -3.49. The van der Waals surface area contributed by atoms with Crippen molar-refractivity contribution in [3.05, 3.63) is 24.3 Å². The second-order valence-electron chi connectivity index (χ2n) is 4.21. The lowest BCUT2D eigenvalue weighted by Crippen LogP contribution is -2.29. The van der Waals surface area contributed by atoms with Crippen LogP contribution in [0.3, 0.4) is 0 Å². The first-order valence-electron chi connectivity index (χ1n) is 5.95. The normalized spacial score (nSPS) is 21.1. The lowest BCUT2D eigenvalue weighted by atomic mass is 10.3. The first-order chi connectivity index (χ1) is 8.54. The van der Waals surface area contributed by atoms with Gasteiger partial charge >= 0.3 is 0 Å². The molecule has 1 aromatic rings. The molecule has 5 nitrogen and oxygen atoms in total. The molecule has 6 heteroatoms. The van der Waals surface area contributed by atoms with Gasteiger partial charge < -0.3 is 9.84 Å². The van der Waals surface area contributed by atoms with Gasteiger partial charge in [0.25, 0.3) is 0 Å². The SMILES string of the molecule is CCOc1ccc(S(=O)(=O)N2CC[C@H](O)C2)cc1. The van der Waals surface area contributed by atoms with Gasteiger partial charge in [-0.3, -0.25) is 0 Å². The maximum atomic E-state index is 12.2. The molecule has 1 aliphatic heterocycles. The Hall–Kier alpha value is -1.11. The van der Waals surface area contributed by atoms with E-state index in [1.165, 1.54) is 16.4 Å². The molecule has 100 valence electrons. The highest BCUT2D eigenvalue weighted by molar-refractivity contribution is 7.89. The largest absolute Gasteiger partial charge is 0.494 e. The molecular formula is C12H17NO4S. The number of benzene rings is 1. The van der Waals surface area contributed by atoms with Gasteiger partial charge in [0, 0.05) is 13.1 Å². The molecule has 0 spiro atoms. The molecule has 1 aliphatic rings. The summed E-state index contributed by atoms with van der Waals surface area (Å²) in [5, 5.41) is 9.40. The van der Waals surface area contributed by atoms with E-state index in [1.807, 2.05) is 6.92 Å². The number of sulfonamides is 1. The summed E-state index contributed by atoms with van der Waals surface area (Å²) in [4.78, 5) is 0.236. The molecule has 1 N–H and O–H groups in total. The van der Waals surface area contributed by atoms with Gasteiger partial charge in [-0.2, -0.15) is 4.31 Å². The van der Waals surface area contributed by atoms with E-state index in [0.717, 1.165) is 0 Å². The molecule has 0 amide bonds. The molecule has 0 aromatic heterocycles. The summed E-state index contributed by atoms with van der Waals surface area (Å²) >= 11 is 0. The third kappa shape index (κ3) is 2.66.